The Morgan fingerprint density at radius 1 is 1.43 bits per heavy atom. The molecule has 110 valence electrons. The van der Waals surface area contributed by atoms with Crippen LogP contribution in [0.4, 0.5) is 0 Å². The molecule has 6 nitrogen and oxygen atoms in total. The van der Waals surface area contributed by atoms with Crippen LogP contribution in [0.2, 0.25) is 5.02 Å². The molecule has 21 heavy (non-hydrogen) atoms. The molecule has 1 aliphatic rings. The van der Waals surface area contributed by atoms with Gasteiger partial charge in [-0.1, -0.05) is 35.0 Å². The molecule has 2 heterocycles. The number of likely N-dealkylation sites (tertiary alicyclic amines) is 1. The maximum atomic E-state index is 12.2. The molecule has 2 aromatic rings. The van der Waals surface area contributed by atoms with Crippen molar-refractivity contribution in [2.75, 3.05) is 13.1 Å². The van der Waals surface area contributed by atoms with Gasteiger partial charge in [0.2, 0.25) is 0 Å². The lowest BCUT2D eigenvalue weighted by Crippen LogP contribution is -2.29. The van der Waals surface area contributed by atoms with Gasteiger partial charge in [0, 0.05) is 18.1 Å². The van der Waals surface area contributed by atoms with E-state index >= 15 is 0 Å². The molecule has 0 unspecified atom stereocenters. The lowest BCUT2D eigenvalue weighted by atomic mass is 10.2. The SMILES string of the molecule is O=C(c1cn(Cc2ccccc2Cl)nn1)N1CC[C@H](O)C1. The number of aromatic nitrogens is 3. The number of benzene rings is 1. The van der Waals surface area contributed by atoms with E-state index in [-0.39, 0.29) is 11.6 Å². The summed E-state index contributed by atoms with van der Waals surface area (Å²) in [6.07, 6.45) is 1.78. The van der Waals surface area contributed by atoms with Crippen molar-refractivity contribution in [2.24, 2.45) is 0 Å². The van der Waals surface area contributed by atoms with Gasteiger partial charge in [0.05, 0.1) is 18.8 Å². The third-order valence-electron chi connectivity index (χ3n) is 3.50. The number of halogens is 1. The molecular formula is C14H15ClN4O2. The minimum atomic E-state index is -0.438. The van der Waals surface area contributed by atoms with Crippen LogP contribution in [0, 0.1) is 0 Å². The first-order valence-electron chi connectivity index (χ1n) is 6.74. The van der Waals surface area contributed by atoms with Gasteiger partial charge in [-0.2, -0.15) is 0 Å². The Morgan fingerprint density at radius 3 is 2.95 bits per heavy atom. The van der Waals surface area contributed by atoms with Crippen molar-refractivity contribution in [3.05, 3.63) is 46.7 Å². The zero-order chi connectivity index (χ0) is 14.8. The molecular weight excluding hydrogens is 292 g/mol. The van der Waals surface area contributed by atoms with Crippen LogP contribution in [-0.4, -0.2) is 50.1 Å². The van der Waals surface area contributed by atoms with E-state index in [4.69, 9.17) is 11.6 Å². The maximum Gasteiger partial charge on any atom is 0.276 e. The second-order valence-corrected chi connectivity index (χ2v) is 5.49. The fraction of sp³-hybridized carbons (Fsp3) is 0.357. The van der Waals surface area contributed by atoms with Crippen molar-refractivity contribution in [1.29, 1.82) is 0 Å². The quantitative estimate of drug-likeness (QED) is 0.924. The van der Waals surface area contributed by atoms with Gasteiger partial charge in [0.25, 0.3) is 5.91 Å². The predicted molar refractivity (Wildman–Crippen MR) is 77.1 cm³/mol. The smallest absolute Gasteiger partial charge is 0.276 e. The van der Waals surface area contributed by atoms with E-state index in [0.717, 1.165) is 5.56 Å². The number of hydrogen-bond donors (Lipinski definition) is 1. The predicted octanol–water partition coefficient (Wildman–Crippen LogP) is 1.19. The van der Waals surface area contributed by atoms with Gasteiger partial charge >= 0.3 is 0 Å². The summed E-state index contributed by atoms with van der Waals surface area (Å²) >= 11 is 6.10. The van der Waals surface area contributed by atoms with Crippen molar-refractivity contribution in [3.8, 4) is 0 Å². The topological polar surface area (TPSA) is 71.2 Å². The van der Waals surface area contributed by atoms with Crippen LogP contribution >= 0.6 is 11.6 Å². The number of β-amino-alcohol motifs (C(OH)–C–C–N with tert-alkyl or cyclic N) is 1. The van der Waals surface area contributed by atoms with Gasteiger partial charge in [0.15, 0.2) is 5.69 Å². The van der Waals surface area contributed by atoms with Crippen molar-refractivity contribution >= 4 is 17.5 Å². The fourth-order valence-electron chi connectivity index (χ4n) is 2.36. The number of rotatable bonds is 3. The van der Waals surface area contributed by atoms with Crippen LogP contribution in [0.3, 0.4) is 0 Å². The Kier molecular flexibility index (Phi) is 3.90. The molecule has 0 bridgehead atoms. The van der Waals surface area contributed by atoms with Crippen LogP contribution in [0.5, 0.6) is 0 Å². The molecule has 1 aromatic heterocycles. The van der Waals surface area contributed by atoms with Crippen LogP contribution in [0.25, 0.3) is 0 Å². The summed E-state index contributed by atoms with van der Waals surface area (Å²) < 4.78 is 1.58. The number of amides is 1. The summed E-state index contributed by atoms with van der Waals surface area (Å²) in [6, 6.07) is 7.48. The third-order valence-corrected chi connectivity index (χ3v) is 3.87. The lowest BCUT2D eigenvalue weighted by molar-refractivity contribution is 0.0759. The Labute approximate surface area is 126 Å². The van der Waals surface area contributed by atoms with Gasteiger partial charge in [0.1, 0.15) is 0 Å². The van der Waals surface area contributed by atoms with Gasteiger partial charge in [-0.25, -0.2) is 4.68 Å². The molecule has 0 saturated carbocycles. The molecule has 3 rings (SSSR count). The van der Waals surface area contributed by atoms with E-state index in [1.807, 2.05) is 24.3 Å². The monoisotopic (exact) mass is 306 g/mol. The molecule has 0 radical (unpaired) electrons. The highest BCUT2D eigenvalue weighted by Gasteiger charge is 2.27. The first-order chi connectivity index (χ1) is 10.1. The van der Waals surface area contributed by atoms with Crippen molar-refractivity contribution in [2.45, 2.75) is 19.1 Å². The Balaban J connectivity index is 1.72. The Morgan fingerprint density at radius 2 is 2.24 bits per heavy atom. The molecule has 1 fully saturated rings. The average molecular weight is 307 g/mol. The standard InChI is InChI=1S/C14H15ClN4O2/c15-12-4-2-1-3-10(12)7-19-9-13(16-17-19)14(21)18-6-5-11(20)8-18/h1-4,9,11,20H,5-8H2/t11-/m0/s1. The van der Waals surface area contributed by atoms with E-state index in [1.165, 1.54) is 0 Å². The largest absolute Gasteiger partial charge is 0.391 e. The zero-order valence-corrected chi connectivity index (χ0v) is 12.1. The summed E-state index contributed by atoms with van der Waals surface area (Å²) in [5.41, 5.74) is 1.20. The fourth-order valence-corrected chi connectivity index (χ4v) is 2.56. The summed E-state index contributed by atoms with van der Waals surface area (Å²) in [5.74, 6) is -0.197. The number of carbonyl (C=O) groups is 1. The van der Waals surface area contributed by atoms with Crippen LogP contribution in [0.15, 0.2) is 30.5 Å². The molecule has 1 amide bonds. The minimum absolute atomic E-state index is 0.197. The van der Waals surface area contributed by atoms with Crippen LogP contribution in [0.1, 0.15) is 22.5 Å². The second kappa shape index (κ2) is 5.83. The third kappa shape index (κ3) is 3.06. The van der Waals surface area contributed by atoms with Crippen molar-refractivity contribution in [3.63, 3.8) is 0 Å². The summed E-state index contributed by atoms with van der Waals surface area (Å²) in [4.78, 5) is 13.8. The Hall–Kier alpha value is -1.92. The van der Waals surface area contributed by atoms with Crippen LogP contribution < -0.4 is 0 Å². The minimum Gasteiger partial charge on any atom is -0.391 e. The molecule has 1 saturated heterocycles. The Bertz CT molecular complexity index is 658. The summed E-state index contributed by atoms with van der Waals surface area (Å²) in [5, 5.41) is 18.0. The van der Waals surface area contributed by atoms with E-state index in [1.54, 1.807) is 15.8 Å². The molecule has 1 atom stereocenters. The van der Waals surface area contributed by atoms with E-state index in [9.17, 15) is 9.90 Å². The van der Waals surface area contributed by atoms with Crippen molar-refractivity contribution in [1.82, 2.24) is 19.9 Å². The van der Waals surface area contributed by atoms with Gasteiger partial charge in [-0.05, 0) is 18.1 Å². The van der Waals surface area contributed by atoms with Gasteiger partial charge < -0.3 is 10.0 Å². The molecule has 0 spiro atoms. The highest BCUT2D eigenvalue weighted by Crippen LogP contribution is 2.16. The van der Waals surface area contributed by atoms with Crippen molar-refractivity contribution < 1.29 is 9.90 Å². The first-order valence-corrected chi connectivity index (χ1v) is 7.12. The van der Waals surface area contributed by atoms with E-state index < -0.39 is 6.10 Å². The number of nitrogens with zero attached hydrogens (tertiary/aromatic N) is 4. The average Bonchev–Trinajstić information content (AvgIpc) is 3.10. The van der Waals surface area contributed by atoms with Gasteiger partial charge in [-0.3, -0.25) is 4.79 Å². The highest BCUT2D eigenvalue weighted by molar-refractivity contribution is 6.31. The maximum absolute atomic E-state index is 12.2. The number of hydrogen-bond acceptors (Lipinski definition) is 4. The molecule has 0 aliphatic carbocycles. The first kappa shape index (κ1) is 14.0. The second-order valence-electron chi connectivity index (χ2n) is 5.09. The molecule has 1 N–H and O–H groups in total. The highest BCUT2D eigenvalue weighted by atomic mass is 35.5. The molecule has 1 aliphatic heterocycles. The van der Waals surface area contributed by atoms with E-state index in [2.05, 4.69) is 10.3 Å². The normalized spacial score (nSPS) is 18.2. The lowest BCUT2D eigenvalue weighted by Gasteiger charge is -2.12. The number of carbonyl (C=O) groups excluding carboxylic acids is 1. The molecule has 1 aromatic carbocycles. The van der Waals surface area contributed by atoms with E-state index in [0.29, 0.717) is 31.1 Å². The summed E-state index contributed by atoms with van der Waals surface area (Å²) in [7, 11) is 0. The molecule has 7 heteroatoms. The number of aliphatic hydroxyl groups is 1. The van der Waals surface area contributed by atoms with Gasteiger partial charge in [-0.15, -0.1) is 5.10 Å². The summed E-state index contributed by atoms with van der Waals surface area (Å²) in [6.45, 7) is 1.37. The number of aliphatic hydroxyl groups excluding tert-OH is 1. The zero-order valence-electron chi connectivity index (χ0n) is 11.3. The van der Waals surface area contributed by atoms with Crippen LogP contribution in [-0.2, 0) is 6.54 Å².